The number of anilines is 1. The summed E-state index contributed by atoms with van der Waals surface area (Å²) < 4.78 is 6.64. The number of carbonyl (C=O) groups is 1. The van der Waals surface area contributed by atoms with Crippen LogP contribution in [0, 0.1) is 5.92 Å². The number of hydrogen-bond acceptors (Lipinski definition) is 3. The summed E-state index contributed by atoms with van der Waals surface area (Å²) in [6, 6.07) is 20.0. The van der Waals surface area contributed by atoms with Crippen LogP contribution in [0.5, 0.6) is 5.75 Å². The van der Waals surface area contributed by atoms with Gasteiger partial charge in [-0.2, -0.15) is 0 Å². The fourth-order valence-electron chi connectivity index (χ4n) is 5.02. The molecule has 1 aliphatic carbocycles. The van der Waals surface area contributed by atoms with Crippen molar-refractivity contribution in [3.8, 4) is 5.75 Å². The monoisotopic (exact) mass is 449 g/mol. The number of carboxylic acid groups (broad SMARTS) is 1. The van der Waals surface area contributed by atoms with Crippen molar-refractivity contribution < 1.29 is 14.6 Å². The predicted molar refractivity (Wildman–Crippen MR) is 116 cm³/mol. The van der Waals surface area contributed by atoms with Gasteiger partial charge in [-0.05, 0) is 53.3 Å². The van der Waals surface area contributed by atoms with Gasteiger partial charge in [0.15, 0.2) is 0 Å². The molecule has 0 spiro atoms. The highest BCUT2D eigenvalue weighted by Gasteiger charge is 2.45. The lowest BCUT2D eigenvalue weighted by atomic mass is 9.75. The summed E-state index contributed by atoms with van der Waals surface area (Å²) in [6.45, 7) is 0. The summed E-state index contributed by atoms with van der Waals surface area (Å²) in [5.41, 5.74) is 5.74. The molecule has 0 saturated carbocycles. The number of aromatic carboxylic acids is 1. The van der Waals surface area contributed by atoms with E-state index in [2.05, 4.69) is 57.6 Å². The van der Waals surface area contributed by atoms with Gasteiger partial charge in [-0.15, -0.1) is 0 Å². The summed E-state index contributed by atoms with van der Waals surface area (Å²) >= 11 is 3.59. The number of fused-ring (bicyclic) bond motifs is 5. The highest BCUT2D eigenvalue weighted by molar-refractivity contribution is 9.10. The van der Waals surface area contributed by atoms with E-state index in [9.17, 15) is 9.90 Å². The Labute approximate surface area is 177 Å². The van der Waals surface area contributed by atoms with Crippen molar-refractivity contribution in [2.24, 2.45) is 5.92 Å². The molecule has 0 amide bonds. The van der Waals surface area contributed by atoms with Crippen LogP contribution in [-0.4, -0.2) is 18.2 Å². The van der Waals surface area contributed by atoms with Gasteiger partial charge in [-0.25, -0.2) is 4.79 Å². The van der Waals surface area contributed by atoms with Gasteiger partial charge >= 0.3 is 5.97 Å². The summed E-state index contributed by atoms with van der Waals surface area (Å²) in [5.74, 6) is 0.304. The highest BCUT2D eigenvalue weighted by atomic mass is 79.9. The SMILES string of the molecule is COc1ccc(Br)cc1[C@@H]1Nc2c(C(=O)O)cccc2[C@H]2c3ccccc3C[C@@H]21. The summed E-state index contributed by atoms with van der Waals surface area (Å²) in [5, 5.41) is 13.4. The van der Waals surface area contributed by atoms with Crippen LogP contribution in [0.2, 0.25) is 0 Å². The minimum absolute atomic E-state index is 0.0622. The molecular formula is C24H20BrNO3. The summed E-state index contributed by atoms with van der Waals surface area (Å²) in [6.07, 6.45) is 0.935. The Morgan fingerprint density at radius 1 is 1.07 bits per heavy atom. The van der Waals surface area contributed by atoms with Gasteiger partial charge in [0.1, 0.15) is 5.75 Å². The Kier molecular flexibility index (Phi) is 4.36. The molecule has 0 aromatic heterocycles. The molecule has 4 nitrogen and oxygen atoms in total. The van der Waals surface area contributed by atoms with Crippen molar-refractivity contribution in [1.29, 1.82) is 0 Å². The van der Waals surface area contributed by atoms with E-state index in [0.29, 0.717) is 11.3 Å². The van der Waals surface area contributed by atoms with Gasteiger partial charge in [0.05, 0.1) is 24.4 Å². The molecule has 2 N–H and O–H groups in total. The smallest absolute Gasteiger partial charge is 0.337 e. The maximum absolute atomic E-state index is 12.0. The number of nitrogens with one attached hydrogen (secondary N) is 1. The Morgan fingerprint density at radius 3 is 2.66 bits per heavy atom. The van der Waals surface area contributed by atoms with Gasteiger partial charge in [0.2, 0.25) is 0 Å². The lowest BCUT2D eigenvalue weighted by Crippen LogP contribution is -2.31. The minimum atomic E-state index is -0.918. The molecular weight excluding hydrogens is 430 g/mol. The second-order valence-corrected chi connectivity index (χ2v) is 8.54. The number of carboxylic acids is 1. The maximum atomic E-state index is 12.0. The molecule has 1 heterocycles. The second-order valence-electron chi connectivity index (χ2n) is 7.63. The van der Waals surface area contributed by atoms with Crippen molar-refractivity contribution in [2.75, 3.05) is 12.4 Å². The van der Waals surface area contributed by atoms with E-state index in [1.165, 1.54) is 11.1 Å². The molecule has 0 bridgehead atoms. The number of methoxy groups -OCH3 is 1. The van der Waals surface area contributed by atoms with Crippen molar-refractivity contribution in [2.45, 2.75) is 18.4 Å². The zero-order valence-electron chi connectivity index (χ0n) is 15.9. The predicted octanol–water partition coefficient (Wildman–Crippen LogP) is 5.63. The van der Waals surface area contributed by atoms with E-state index in [1.54, 1.807) is 13.2 Å². The van der Waals surface area contributed by atoms with E-state index in [-0.39, 0.29) is 17.9 Å². The van der Waals surface area contributed by atoms with Crippen molar-refractivity contribution >= 4 is 27.6 Å². The number of ether oxygens (including phenoxy) is 1. The molecule has 0 radical (unpaired) electrons. The lowest BCUT2D eigenvalue weighted by molar-refractivity contribution is 0.0697. The Morgan fingerprint density at radius 2 is 1.86 bits per heavy atom. The average molecular weight is 450 g/mol. The molecule has 5 rings (SSSR count). The number of para-hydroxylation sites is 1. The second kappa shape index (κ2) is 6.92. The van der Waals surface area contributed by atoms with E-state index in [1.807, 2.05) is 18.2 Å². The first-order valence-corrected chi connectivity index (χ1v) is 10.4. The zero-order chi connectivity index (χ0) is 20.1. The van der Waals surface area contributed by atoms with Crippen LogP contribution in [0.15, 0.2) is 65.1 Å². The molecule has 2 aliphatic rings. The first-order chi connectivity index (χ1) is 14.1. The molecule has 29 heavy (non-hydrogen) atoms. The third kappa shape index (κ3) is 2.84. The third-order valence-corrected chi connectivity index (χ3v) is 6.68. The summed E-state index contributed by atoms with van der Waals surface area (Å²) in [4.78, 5) is 12.0. The van der Waals surface area contributed by atoms with Gasteiger partial charge in [0, 0.05) is 16.0 Å². The first kappa shape index (κ1) is 18.3. The quantitative estimate of drug-likeness (QED) is 0.544. The van der Waals surface area contributed by atoms with Crippen molar-refractivity contribution in [1.82, 2.24) is 0 Å². The van der Waals surface area contributed by atoms with Gasteiger partial charge in [-0.1, -0.05) is 52.3 Å². The van der Waals surface area contributed by atoms with Crippen LogP contribution in [-0.2, 0) is 6.42 Å². The molecule has 0 saturated heterocycles. The Hall–Kier alpha value is -2.79. The number of halogens is 1. The third-order valence-electron chi connectivity index (χ3n) is 6.19. The highest BCUT2D eigenvalue weighted by Crippen LogP contribution is 2.55. The lowest BCUT2D eigenvalue weighted by Gasteiger charge is -2.39. The largest absolute Gasteiger partial charge is 0.496 e. The molecule has 3 aromatic rings. The molecule has 146 valence electrons. The van der Waals surface area contributed by atoms with Gasteiger partial charge in [-0.3, -0.25) is 0 Å². The molecule has 5 heteroatoms. The molecule has 0 fully saturated rings. The zero-order valence-corrected chi connectivity index (χ0v) is 17.4. The molecule has 1 aliphatic heterocycles. The van der Waals surface area contributed by atoms with E-state index in [4.69, 9.17) is 4.74 Å². The van der Waals surface area contributed by atoms with Crippen LogP contribution in [0.4, 0.5) is 5.69 Å². The minimum Gasteiger partial charge on any atom is -0.496 e. The van der Waals surface area contributed by atoms with Crippen LogP contribution in [0.25, 0.3) is 0 Å². The Balaban J connectivity index is 1.75. The molecule has 0 unspecified atom stereocenters. The van der Waals surface area contributed by atoms with Crippen LogP contribution in [0.3, 0.4) is 0 Å². The van der Waals surface area contributed by atoms with Crippen molar-refractivity contribution in [3.05, 3.63) is 93.0 Å². The van der Waals surface area contributed by atoms with Crippen LogP contribution >= 0.6 is 15.9 Å². The normalized spacial score (nSPS) is 21.5. The molecule has 3 atom stereocenters. The van der Waals surface area contributed by atoms with Crippen LogP contribution < -0.4 is 10.1 Å². The molecule has 3 aromatic carbocycles. The van der Waals surface area contributed by atoms with Gasteiger partial charge < -0.3 is 15.2 Å². The number of hydrogen-bond donors (Lipinski definition) is 2. The van der Waals surface area contributed by atoms with E-state index >= 15 is 0 Å². The number of rotatable bonds is 3. The fourth-order valence-corrected chi connectivity index (χ4v) is 5.40. The number of benzene rings is 3. The average Bonchev–Trinajstić information content (AvgIpc) is 3.12. The maximum Gasteiger partial charge on any atom is 0.337 e. The van der Waals surface area contributed by atoms with E-state index in [0.717, 1.165) is 27.8 Å². The van der Waals surface area contributed by atoms with E-state index < -0.39 is 5.97 Å². The fraction of sp³-hybridized carbons (Fsp3) is 0.208. The van der Waals surface area contributed by atoms with Crippen molar-refractivity contribution in [3.63, 3.8) is 0 Å². The first-order valence-electron chi connectivity index (χ1n) is 9.62. The Bertz CT molecular complexity index is 1130. The standard InChI is InChI=1S/C24H20BrNO3/c1-29-20-10-9-14(25)12-18(20)23-19-11-13-5-2-3-6-15(13)21(19)16-7-4-8-17(24(27)28)22(16)26-23/h2-10,12,19,21,23,26H,11H2,1H3,(H,27,28)/t19-,21+,23-/m0/s1. The van der Waals surface area contributed by atoms with Crippen LogP contribution in [0.1, 0.15) is 44.6 Å². The van der Waals surface area contributed by atoms with Gasteiger partial charge in [0.25, 0.3) is 0 Å². The summed E-state index contributed by atoms with van der Waals surface area (Å²) in [7, 11) is 1.67. The topological polar surface area (TPSA) is 58.6 Å².